The lowest BCUT2D eigenvalue weighted by molar-refractivity contribution is 0.438. The van der Waals surface area contributed by atoms with E-state index < -0.39 is 15.8 Å². The molecule has 94 valence electrons. The maximum Gasteiger partial charge on any atom is 0.246 e. The molecular formula is C10H11BrFNO2S2. The average molecular weight is 340 g/mol. The summed E-state index contributed by atoms with van der Waals surface area (Å²) in [4.78, 5) is -0.243. The molecule has 1 heterocycles. The fourth-order valence-electron chi connectivity index (χ4n) is 1.61. The van der Waals surface area contributed by atoms with Gasteiger partial charge in [-0.05, 0) is 18.2 Å². The minimum atomic E-state index is -3.69. The van der Waals surface area contributed by atoms with Gasteiger partial charge >= 0.3 is 0 Å². The zero-order valence-electron chi connectivity index (χ0n) is 8.90. The standard InChI is InChI=1S/C10H11BrFNO2S2/c11-8-1-2-10(9(12)7-8)17(14,15)13-3-5-16-6-4-13/h1-2,7H,3-6H2. The van der Waals surface area contributed by atoms with Gasteiger partial charge in [0.15, 0.2) is 0 Å². The topological polar surface area (TPSA) is 37.4 Å². The normalized spacial score (nSPS) is 18.2. The third kappa shape index (κ3) is 2.83. The van der Waals surface area contributed by atoms with E-state index in [1.165, 1.54) is 22.5 Å². The molecular weight excluding hydrogens is 329 g/mol. The number of nitrogens with zero attached hydrogens (tertiary/aromatic N) is 1. The second-order valence-electron chi connectivity index (χ2n) is 3.59. The molecule has 0 atom stereocenters. The minimum Gasteiger partial charge on any atom is -0.207 e. The maximum atomic E-state index is 13.7. The van der Waals surface area contributed by atoms with E-state index in [2.05, 4.69) is 15.9 Å². The highest BCUT2D eigenvalue weighted by Crippen LogP contribution is 2.24. The van der Waals surface area contributed by atoms with Crippen LogP contribution in [0.4, 0.5) is 4.39 Å². The summed E-state index contributed by atoms with van der Waals surface area (Å²) in [6, 6.07) is 4.01. The van der Waals surface area contributed by atoms with Crippen molar-refractivity contribution in [3.05, 3.63) is 28.5 Å². The number of benzene rings is 1. The zero-order chi connectivity index (χ0) is 12.5. The molecule has 1 aromatic rings. The summed E-state index contributed by atoms with van der Waals surface area (Å²) >= 11 is 4.82. The van der Waals surface area contributed by atoms with Gasteiger partial charge in [0, 0.05) is 29.1 Å². The fraction of sp³-hybridized carbons (Fsp3) is 0.400. The van der Waals surface area contributed by atoms with Crippen molar-refractivity contribution in [1.29, 1.82) is 0 Å². The summed E-state index contributed by atoms with van der Waals surface area (Å²) in [6.45, 7) is 0.894. The molecule has 7 heteroatoms. The smallest absolute Gasteiger partial charge is 0.207 e. The number of halogens is 2. The second kappa shape index (κ2) is 5.26. The van der Waals surface area contributed by atoms with Crippen molar-refractivity contribution < 1.29 is 12.8 Å². The Hall–Kier alpha value is -0.110. The lowest BCUT2D eigenvalue weighted by atomic mass is 10.3. The molecule has 1 saturated heterocycles. The van der Waals surface area contributed by atoms with Crippen molar-refractivity contribution in [3.8, 4) is 0 Å². The van der Waals surface area contributed by atoms with Gasteiger partial charge in [-0.1, -0.05) is 15.9 Å². The van der Waals surface area contributed by atoms with E-state index in [-0.39, 0.29) is 4.90 Å². The minimum absolute atomic E-state index is 0.243. The first-order valence-corrected chi connectivity index (χ1v) is 8.43. The predicted molar refractivity (Wildman–Crippen MR) is 70.2 cm³/mol. The molecule has 0 amide bonds. The molecule has 1 fully saturated rings. The molecule has 17 heavy (non-hydrogen) atoms. The number of rotatable bonds is 2. The van der Waals surface area contributed by atoms with Crippen LogP contribution in [0.25, 0.3) is 0 Å². The predicted octanol–water partition coefficient (Wildman–Crippen LogP) is 2.33. The fourth-order valence-corrected chi connectivity index (χ4v) is 4.56. The van der Waals surface area contributed by atoms with Crippen molar-refractivity contribution in [3.63, 3.8) is 0 Å². The Morgan fingerprint density at radius 3 is 2.53 bits per heavy atom. The van der Waals surface area contributed by atoms with Crippen LogP contribution in [0.2, 0.25) is 0 Å². The molecule has 1 aromatic carbocycles. The van der Waals surface area contributed by atoms with Gasteiger partial charge in [0.25, 0.3) is 0 Å². The molecule has 1 aliphatic heterocycles. The molecule has 0 aliphatic carbocycles. The number of sulfonamides is 1. The lowest BCUT2D eigenvalue weighted by Gasteiger charge is -2.25. The molecule has 0 radical (unpaired) electrons. The average Bonchev–Trinajstić information content (AvgIpc) is 2.29. The van der Waals surface area contributed by atoms with Gasteiger partial charge in [-0.3, -0.25) is 0 Å². The Kier molecular flexibility index (Phi) is 4.12. The van der Waals surface area contributed by atoms with Crippen molar-refractivity contribution in [2.45, 2.75) is 4.90 Å². The Labute approximate surface area is 113 Å². The van der Waals surface area contributed by atoms with Gasteiger partial charge in [0.2, 0.25) is 10.0 Å². The van der Waals surface area contributed by atoms with E-state index >= 15 is 0 Å². The summed E-state index contributed by atoms with van der Waals surface area (Å²) in [6.07, 6.45) is 0. The zero-order valence-corrected chi connectivity index (χ0v) is 12.1. The van der Waals surface area contributed by atoms with Crippen LogP contribution < -0.4 is 0 Å². The van der Waals surface area contributed by atoms with E-state index in [9.17, 15) is 12.8 Å². The Bertz CT molecular complexity index is 515. The van der Waals surface area contributed by atoms with Crippen LogP contribution in [0.1, 0.15) is 0 Å². The van der Waals surface area contributed by atoms with E-state index in [1.54, 1.807) is 11.8 Å². The molecule has 0 spiro atoms. The van der Waals surface area contributed by atoms with E-state index in [0.29, 0.717) is 17.6 Å². The molecule has 0 unspecified atom stereocenters. The number of hydrogen-bond acceptors (Lipinski definition) is 3. The van der Waals surface area contributed by atoms with Gasteiger partial charge in [0.05, 0.1) is 0 Å². The van der Waals surface area contributed by atoms with Gasteiger partial charge in [-0.15, -0.1) is 0 Å². The summed E-state index contributed by atoms with van der Waals surface area (Å²) in [5.74, 6) is 0.812. The van der Waals surface area contributed by atoms with Gasteiger partial charge in [-0.2, -0.15) is 16.1 Å². The second-order valence-corrected chi connectivity index (χ2v) is 7.64. The highest BCUT2D eigenvalue weighted by atomic mass is 79.9. The van der Waals surface area contributed by atoms with Crippen LogP contribution in [0.3, 0.4) is 0 Å². The largest absolute Gasteiger partial charge is 0.246 e. The summed E-state index contributed by atoms with van der Waals surface area (Å²) in [7, 11) is -3.69. The first kappa shape index (κ1) is 13.3. The van der Waals surface area contributed by atoms with Crippen molar-refractivity contribution >= 4 is 37.7 Å². The highest BCUT2D eigenvalue weighted by molar-refractivity contribution is 9.10. The summed E-state index contributed by atoms with van der Waals surface area (Å²) in [5.41, 5.74) is 0. The third-order valence-electron chi connectivity index (χ3n) is 2.48. The first-order valence-electron chi connectivity index (χ1n) is 5.05. The number of thioether (sulfide) groups is 1. The molecule has 3 nitrogen and oxygen atoms in total. The molecule has 0 aromatic heterocycles. The molecule has 0 saturated carbocycles. The van der Waals surface area contributed by atoms with Crippen molar-refractivity contribution in [1.82, 2.24) is 4.31 Å². The molecule has 2 rings (SSSR count). The van der Waals surface area contributed by atoms with Crippen LogP contribution in [-0.2, 0) is 10.0 Å². The van der Waals surface area contributed by atoms with Crippen LogP contribution in [0.15, 0.2) is 27.6 Å². The highest BCUT2D eigenvalue weighted by Gasteiger charge is 2.28. The SMILES string of the molecule is O=S(=O)(c1ccc(Br)cc1F)N1CCSCC1. The Morgan fingerprint density at radius 1 is 1.29 bits per heavy atom. The summed E-state index contributed by atoms with van der Waals surface area (Å²) < 4.78 is 39.9. The van der Waals surface area contributed by atoms with Crippen molar-refractivity contribution in [2.75, 3.05) is 24.6 Å². The van der Waals surface area contributed by atoms with Gasteiger partial charge in [-0.25, -0.2) is 12.8 Å². The van der Waals surface area contributed by atoms with Gasteiger partial charge < -0.3 is 0 Å². The Balaban J connectivity index is 2.37. The maximum absolute atomic E-state index is 13.7. The molecule has 0 N–H and O–H groups in total. The van der Waals surface area contributed by atoms with Crippen LogP contribution in [-0.4, -0.2) is 37.3 Å². The van der Waals surface area contributed by atoms with E-state index in [1.807, 2.05) is 0 Å². The monoisotopic (exact) mass is 339 g/mol. The number of hydrogen-bond donors (Lipinski definition) is 0. The Morgan fingerprint density at radius 2 is 1.94 bits per heavy atom. The van der Waals surface area contributed by atoms with E-state index in [4.69, 9.17) is 0 Å². The van der Waals surface area contributed by atoms with E-state index in [0.717, 1.165) is 11.5 Å². The lowest BCUT2D eigenvalue weighted by Crippen LogP contribution is -2.38. The van der Waals surface area contributed by atoms with Crippen molar-refractivity contribution in [2.24, 2.45) is 0 Å². The summed E-state index contributed by atoms with van der Waals surface area (Å²) in [5, 5.41) is 0. The quantitative estimate of drug-likeness (QED) is 0.829. The van der Waals surface area contributed by atoms with Crippen LogP contribution in [0.5, 0.6) is 0 Å². The third-order valence-corrected chi connectivity index (χ3v) is 5.85. The van der Waals surface area contributed by atoms with Crippen LogP contribution in [0, 0.1) is 5.82 Å². The molecule has 0 bridgehead atoms. The van der Waals surface area contributed by atoms with Crippen LogP contribution >= 0.6 is 27.7 Å². The van der Waals surface area contributed by atoms with Gasteiger partial charge in [0.1, 0.15) is 10.7 Å². The molecule has 1 aliphatic rings. The first-order chi connectivity index (χ1) is 8.01.